The van der Waals surface area contributed by atoms with Crippen LogP contribution in [0.1, 0.15) is 18.3 Å². The van der Waals surface area contributed by atoms with E-state index in [1.165, 1.54) is 5.56 Å². The predicted molar refractivity (Wildman–Crippen MR) is 88.7 cm³/mol. The lowest BCUT2D eigenvalue weighted by atomic mass is 10.2. The Balaban J connectivity index is 1.69. The number of hydrogen-bond donors (Lipinski definition) is 0. The number of para-hydroxylation sites is 1. The number of nitrogens with zero attached hydrogens (tertiary/aromatic N) is 4. The van der Waals surface area contributed by atoms with E-state index in [-0.39, 0.29) is 0 Å². The largest absolute Gasteiger partial charge is 0.299 e. The van der Waals surface area contributed by atoms with Crippen LogP contribution in [0.4, 0.5) is 0 Å². The summed E-state index contributed by atoms with van der Waals surface area (Å²) >= 11 is 0. The van der Waals surface area contributed by atoms with Gasteiger partial charge in [-0.25, -0.2) is 9.67 Å². The van der Waals surface area contributed by atoms with Crippen molar-refractivity contribution in [2.45, 2.75) is 20.0 Å². The summed E-state index contributed by atoms with van der Waals surface area (Å²) in [6, 6.07) is 20.2. The van der Waals surface area contributed by atoms with E-state index < -0.39 is 0 Å². The van der Waals surface area contributed by atoms with Crippen LogP contribution in [0.3, 0.4) is 0 Å². The molecule has 0 aliphatic rings. The molecule has 0 saturated carbocycles. The van der Waals surface area contributed by atoms with Crippen molar-refractivity contribution in [3.63, 3.8) is 0 Å². The average molecular weight is 308 g/mol. The molecule has 0 fully saturated rings. The first-order valence-electron chi connectivity index (χ1n) is 7.73. The summed E-state index contributed by atoms with van der Waals surface area (Å²) in [7, 11) is 0. The van der Waals surface area contributed by atoms with E-state index in [0.717, 1.165) is 11.5 Å². The zero-order chi connectivity index (χ0) is 15.9. The molecule has 1 heterocycles. The first-order chi connectivity index (χ1) is 11.3. The molecule has 0 saturated heterocycles. The molecule has 5 heteroatoms. The lowest BCUT2D eigenvalue weighted by molar-refractivity contribution is -0.170. The fraction of sp³-hybridized carbons (Fsp3) is 0.222. The Morgan fingerprint density at radius 1 is 0.957 bits per heavy atom. The monoisotopic (exact) mass is 308 g/mol. The summed E-state index contributed by atoms with van der Waals surface area (Å²) in [4.78, 5) is 10.1. The number of hydroxylamine groups is 2. The van der Waals surface area contributed by atoms with Crippen LogP contribution in [0.15, 0.2) is 67.0 Å². The minimum atomic E-state index is 0.544. The lowest BCUT2D eigenvalue weighted by Crippen LogP contribution is -2.24. The Bertz CT molecular complexity index is 712. The van der Waals surface area contributed by atoms with Crippen molar-refractivity contribution in [2.75, 3.05) is 6.61 Å². The first kappa shape index (κ1) is 15.4. The maximum atomic E-state index is 5.71. The molecule has 0 amide bonds. The molecule has 118 valence electrons. The van der Waals surface area contributed by atoms with Gasteiger partial charge in [0.05, 0.1) is 18.8 Å². The molecule has 0 bridgehead atoms. The van der Waals surface area contributed by atoms with Crippen LogP contribution in [-0.2, 0) is 17.9 Å². The second kappa shape index (κ2) is 7.67. The van der Waals surface area contributed by atoms with Crippen LogP contribution in [0.2, 0.25) is 0 Å². The smallest absolute Gasteiger partial charge is 0.167 e. The number of hydrogen-bond acceptors (Lipinski definition) is 4. The molecule has 3 rings (SSSR count). The van der Waals surface area contributed by atoms with Gasteiger partial charge < -0.3 is 0 Å². The van der Waals surface area contributed by atoms with E-state index in [1.54, 1.807) is 11.0 Å². The third-order valence-electron chi connectivity index (χ3n) is 3.39. The molecule has 0 unspecified atom stereocenters. The van der Waals surface area contributed by atoms with Crippen LogP contribution in [0.25, 0.3) is 5.69 Å². The van der Waals surface area contributed by atoms with Gasteiger partial charge in [0.25, 0.3) is 0 Å². The predicted octanol–water partition coefficient (Wildman–Crippen LogP) is 3.22. The summed E-state index contributed by atoms with van der Waals surface area (Å²) in [5.41, 5.74) is 2.20. The van der Waals surface area contributed by atoms with Gasteiger partial charge >= 0.3 is 0 Å². The lowest BCUT2D eigenvalue weighted by Gasteiger charge is -2.19. The van der Waals surface area contributed by atoms with E-state index in [2.05, 4.69) is 22.2 Å². The van der Waals surface area contributed by atoms with Crippen molar-refractivity contribution in [2.24, 2.45) is 0 Å². The zero-order valence-electron chi connectivity index (χ0n) is 13.2. The van der Waals surface area contributed by atoms with Crippen LogP contribution in [-0.4, -0.2) is 26.4 Å². The van der Waals surface area contributed by atoms with E-state index in [1.807, 2.05) is 60.5 Å². The highest BCUT2D eigenvalue weighted by molar-refractivity contribution is 5.29. The molecule has 3 aromatic rings. The molecule has 1 aromatic heterocycles. The minimum Gasteiger partial charge on any atom is -0.299 e. The van der Waals surface area contributed by atoms with Crippen LogP contribution < -0.4 is 0 Å². The van der Waals surface area contributed by atoms with Gasteiger partial charge in [0, 0.05) is 6.54 Å². The number of aromatic nitrogens is 3. The minimum absolute atomic E-state index is 0.544. The second-order valence-electron chi connectivity index (χ2n) is 5.14. The summed E-state index contributed by atoms with van der Waals surface area (Å²) in [6.45, 7) is 3.84. The van der Waals surface area contributed by atoms with E-state index in [0.29, 0.717) is 19.7 Å². The molecular formula is C18H20N4O. The summed E-state index contributed by atoms with van der Waals surface area (Å²) in [6.07, 6.45) is 1.73. The fourth-order valence-electron chi connectivity index (χ4n) is 2.35. The number of benzene rings is 2. The van der Waals surface area contributed by atoms with Gasteiger partial charge in [0.2, 0.25) is 0 Å². The molecule has 0 aliphatic carbocycles. The van der Waals surface area contributed by atoms with Crippen molar-refractivity contribution < 1.29 is 4.84 Å². The molecule has 0 radical (unpaired) electrons. The Morgan fingerprint density at radius 3 is 2.35 bits per heavy atom. The molecule has 0 aliphatic heterocycles. The Kier molecular flexibility index (Phi) is 5.13. The van der Waals surface area contributed by atoms with Crippen molar-refractivity contribution in [3.8, 4) is 5.69 Å². The van der Waals surface area contributed by atoms with Crippen molar-refractivity contribution >= 4 is 0 Å². The highest BCUT2D eigenvalue weighted by atomic mass is 16.7. The van der Waals surface area contributed by atoms with Gasteiger partial charge in [-0.1, -0.05) is 48.5 Å². The van der Waals surface area contributed by atoms with Crippen LogP contribution >= 0.6 is 0 Å². The average Bonchev–Trinajstić information content (AvgIpc) is 3.05. The second-order valence-corrected chi connectivity index (χ2v) is 5.14. The number of rotatable bonds is 7. The van der Waals surface area contributed by atoms with E-state index >= 15 is 0 Å². The van der Waals surface area contributed by atoms with E-state index in [9.17, 15) is 0 Å². The normalized spacial score (nSPS) is 11.0. The van der Waals surface area contributed by atoms with Crippen molar-refractivity contribution in [1.29, 1.82) is 0 Å². The first-order valence-corrected chi connectivity index (χ1v) is 7.73. The van der Waals surface area contributed by atoms with Crippen LogP contribution in [0, 0.1) is 0 Å². The van der Waals surface area contributed by atoms with Gasteiger partial charge in [-0.05, 0) is 24.6 Å². The molecule has 0 N–H and O–H groups in total. The Hall–Kier alpha value is -2.50. The summed E-state index contributed by atoms with van der Waals surface area (Å²) in [5, 5.41) is 6.42. The summed E-state index contributed by atoms with van der Waals surface area (Å²) in [5.74, 6) is 0.734. The highest BCUT2D eigenvalue weighted by Crippen LogP contribution is 2.10. The molecule has 23 heavy (non-hydrogen) atoms. The standard InChI is InChI=1S/C18H20N4O/c1-2-23-21(13-16-9-5-3-6-10-16)14-18-19-15-22(20-18)17-11-7-4-8-12-17/h3-12,15H,2,13-14H2,1H3. The van der Waals surface area contributed by atoms with Gasteiger partial charge in [-0.3, -0.25) is 4.84 Å². The van der Waals surface area contributed by atoms with Gasteiger partial charge in [-0.2, -0.15) is 5.06 Å². The maximum Gasteiger partial charge on any atom is 0.167 e. The molecule has 0 spiro atoms. The zero-order valence-corrected chi connectivity index (χ0v) is 13.2. The molecule has 5 nitrogen and oxygen atoms in total. The van der Waals surface area contributed by atoms with Gasteiger partial charge in [-0.15, -0.1) is 5.10 Å². The molecule has 2 aromatic carbocycles. The van der Waals surface area contributed by atoms with Crippen molar-refractivity contribution in [1.82, 2.24) is 19.8 Å². The Morgan fingerprint density at radius 2 is 1.65 bits per heavy atom. The van der Waals surface area contributed by atoms with Gasteiger partial charge in [0.1, 0.15) is 6.33 Å². The van der Waals surface area contributed by atoms with Crippen molar-refractivity contribution in [3.05, 3.63) is 78.4 Å². The Labute approximate surface area is 136 Å². The fourth-order valence-corrected chi connectivity index (χ4v) is 2.35. The van der Waals surface area contributed by atoms with E-state index in [4.69, 9.17) is 4.84 Å². The topological polar surface area (TPSA) is 43.2 Å². The SMILES string of the molecule is CCON(Cc1ccccc1)Cc1ncn(-c2ccccc2)n1. The highest BCUT2D eigenvalue weighted by Gasteiger charge is 2.11. The van der Waals surface area contributed by atoms with Gasteiger partial charge in [0.15, 0.2) is 5.82 Å². The van der Waals surface area contributed by atoms with Crippen LogP contribution in [0.5, 0.6) is 0 Å². The third-order valence-corrected chi connectivity index (χ3v) is 3.39. The third kappa shape index (κ3) is 4.25. The molecule has 0 atom stereocenters. The summed E-state index contributed by atoms with van der Waals surface area (Å²) < 4.78 is 1.78. The molecular weight excluding hydrogens is 288 g/mol. The maximum absolute atomic E-state index is 5.71. The quantitative estimate of drug-likeness (QED) is 0.629.